The molecule has 2 N–H and O–H groups in total. The fourth-order valence-electron chi connectivity index (χ4n) is 0.929. The Labute approximate surface area is 76.3 Å². The van der Waals surface area contributed by atoms with Crippen LogP contribution in [0.15, 0.2) is 18.2 Å². The fraction of sp³-hybridized carbons (Fsp3) is 0.333. The predicted octanol–water partition coefficient (Wildman–Crippen LogP) is 2.62. The zero-order valence-electron chi connectivity index (χ0n) is 6.85. The number of benzene rings is 1. The summed E-state index contributed by atoms with van der Waals surface area (Å²) >= 11 is 5.84. The topological polar surface area (TPSA) is 26.0 Å². The average Bonchev–Trinajstić information content (AvgIpc) is 2.08. The van der Waals surface area contributed by atoms with Crippen molar-refractivity contribution in [3.8, 4) is 0 Å². The van der Waals surface area contributed by atoms with Crippen LogP contribution >= 0.6 is 11.6 Å². The lowest BCUT2D eigenvalue weighted by molar-refractivity contribution is 0.437. The van der Waals surface area contributed by atoms with E-state index in [0.717, 1.165) is 11.1 Å². The number of hydrogen-bond acceptors (Lipinski definition) is 1. The van der Waals surface area contributed by atoms with Crippen molar-refractivity contribution in [3.05, 3.63) is 34.3 Å². The molecule has 0 aliphatic heterocycles. The summed E-state index contributed by atoms with van der Waals surface area (Å²) < 4.78 is 12.1. The van der Waals surface area contributed by atoms with Crippen molar-refractivity contribution in [2.24, 2.45) is 5.73 Å². The molecule has 1 nitrogen and oxygen atoms in total. The molecular formula is C9H11ClFN. The van der Waals surface area contributed by atoms with Gasteiger partial charge in [0.1, 0.15) is 6.67 Å². The van der Waals surface area contributed by atoms with Crippen molar-refractivity contribution in [2.75, 3.05) is 6.67 Å². The van der Waals surface area contributed by atoms with Gasteiger partial charge in [0.25, 0.3) is 0 Å². The molecule has 0 heterocycles. The maximum absolute atomic E-state index is 12.1. The Morgan fingerprint density at radius 1 is 1.58 bits per heavy atom. The summed E-state index contributed by atoms with van der Waals surface area (Å²) in [5.41, 5.74) is 7.20. The van der Waals surface area contributed by atoms with E-state index in [0.29, 0.717) is 5.02 Å². The number of aryl methyl sites for hydroxylation is 1. The van der Waals surface area contributed by atoms with Gasteiger partial charge in [-0.1, -0.05) is 23.7 Å². The molecule has 1 rings (SSSR count). The lowest BCUT2D eigenvalue weighted by atomic mass is 10.1. The Hall–Kier alpha value is -0.600. The molecule has 3 heteroatoms. The summed E-state index contributed by atoms with van der Waals surface area (Å²) in [6.45, 7) is 1.34. The molecule has 0 saturated carbocycles. The molecule has 0 aliphatic rings. The minimum atomic E-state index is -0.556. The van der Waals surface area contributed by atoms with E-state index in [9.17, 15) is 4.39 Å². The van der Waals surface area contributed by atoms with Gasteiger partial charge in [-0.25, -0.2) is 4.39 Å². The maximum atomic E-state index is 12.1. The van der Waals surface area contributed by atoms with Crippen LogP contribution in [-0.4, -0.2) is 6.67 Å². The Bertz CT molecular complexity index is 275. The van der Waals surface area contributed by atoms with E-state index >= 15 is 0 Å². The molecule has 12 heavy (non-hydrogen) atoms. The highest BCUT2D eigenvalue weighted by molar-refractivity contribution is 6.31. The van der Waals surface area contributed by atoms with Gasteiger partial charge in [0.2, 0.25) is 0 Å². The molecule has 0 saturated heterocycles. The van der Waals surface area contributed by atoms with E-state index in [1.807, 2.05) is 13.0 Å². The van der Waals surface area contributed by atoms with Gasteiger partial charge in [0.05, 0.1) is 6.04 Å². The van der Waals surface area contributed by atoms with Gasteiger partial charge in [-0.15, -0.1) is 0 Å². The maximum Gasteiger partial charge on any atom is 0.109 e. The van der Waals surface area contributed by atoms with Crippen LogP contribution < -0.4 is 5.73 Å². The van der Waals surface area contributed by atoms with Gasteiger partial charge in [0.15, 0.2) is 0 Å². The highest BCUT2D eigenvalue weighted by Gasteiger charge is 2.05. The minimum Gasteiger partial charge on any atom is -0.322 e. The van der Waals surface area contributed by atoms with Gasteiger partial charge >= 0.3 is 0 Å². The fourth-order valence-corrected chi connectivity index (χ4v) is 1.12. The molecule has 0 aliphatic carbocycles. The monoisotopic (exact) mass is 187 g/mol. The number of alkyl halides is 1. The zero-order valence-corrected chi connectivity index (χ0v) is 7.61. The highest BCUT2D eigenvalue weighted by atomic mass is 35.5. The van der Waals surface area contributed by atoms with Crippen LogP contribution in [0.25, 0.3) is 0 Å². The van der Waals surface area contributed by atoms with Crippen LogP contribution in [0.1, 0.15) is 17.2 Å². The van der Waals surface area contributed by atoms with Crippen LogP contribution in [0.3, 0.4) is 0 Å². The van der Waals surface area contributed by atoms with E-state index in [1.165, 1.54) is 0 Å². The predicted molar refractivity (Wildman–Crippen MR) is 49.1 cm³/mol. The summed E-state index contributed by atoms with van der Waals surface area (Å²) in [7, 11) is 0. The molecule has 0 fully saturated rings. The largest absolute Gasteiger partial charge is 0.322 e. The van der Waals surface area contributed by atoms with Crippen molar-refractivity contribution in [1.29, 1.82) is 0 Å². The zero-order chi connectivity index (χ0) is 9.14. The lowest BCUT2D eigenvalue weighted by Gasteiger charge is -2.08. The van der Waals surface area contributed by atoms with Gasteiger partial charge in [-0.3, -0.25) is 0 Å². The van der Waals surface area contributed by atoms with Crippen molar-refractivity contribution in [2.45, 2.75) is 13.0 Å². The second-order valence-corrected chi connectivity index (χ2v) is 3.18. The van der Waals surface area contributed by atoms with Gasteiger partial charge in [0, 0.05) is 5.02 Å². The lowest BCUT2D eigenvalue weighted by Crippen LogP contribution is -2.11. The van der Waals surface area contributed by atoms with Crippen LogP contribution in [-0.2, 0) is 0 Å². The molecule has 0 unspecified atom stereocenters. The first-order valence-electron chi connectivity index (χ1n) is 3.72. The minimum absolute atomic E-state index is 0.553. The third-order valence-corrected chi connectivity index (χ3v) is 2.20. The standard InChI is InChI=1S/C9H11ClFN/c1-6-2-3-7(4-8(6)10)9(12)5-11/h2-4,9H,5,12H2,1H3/t9-/m0/s1. The molecule has 0 amide bonds. The third-order valence-electron chi connectivity index (χ3n) is 1.79. The van der Waals surface area contributed by atoms with E-state index in [4.69, 9.17) is 17.3 Å². The summed E-state index contributed by atoms with van der Waals surface area (Å²) in [5, 5.41) is 0.636. The number of hydrogen-bond donors (Lipinski definition) is 1. The molecule has 0 aromatic heterocycles. The van der Waals surface area contributed by atoms with E-state index in [-0.39, 0.29) is 0 Å². The molecule has 1 atom stereocenters. The molecule has 66 valence electrons. The summed E-state index contributed by atoms with van der Waals surface area (Å²) in [5.74, 6) is 0. The smallest absolute Gasteiger partial charge is 0.109 e. The van der Waals surface area contributed by atoms with Crippen molar-refractivity contribution >= 4 is 11.6 Å². The van der Waals surface area contributed by atoms with E-state index in [2.05, 4.69) is 0 Å². The van der Waals surface area contributed by atoms with Crippen LogP contribution in [0, 0.1) is 6.92 Å². The first-order valence-corrected chi connectivity index (χ1v) is 4.10. The van der Waals surface area contributed by atoms with Gasteiger partial charge in [-0.05, 0) is 24.1 Å². The SMILES string of the molecule is Cc1ccc([C@@H](N)CF)cc1Cl. The molecule has 0 spiro atoms. The second kappa shape index (κ2) is 3.87. The van der Waals surface area contributed by atoms with Crippen molar-refractivity contribution in [1.82, 2.24) is 0 Å². The molecular weight excluding hydrogens is 177 g/mol. The number of halogens is 2. The van der Waals surface area contributed by atoms with Gasteiger partial charge < -0.3 is 5.73 Å². The molecule has 0 bridgehead atoms. The quantitative estimate of drug-likeness (QED) is 0.757. The third kappa shape index (κ3) is 1.96. The summed E-state index contributed by atoms with van der Waals surface area (Å²) in [4.78, 5) is 0. The Kier molecular flexibility index (Phi) is 3.06. The molecule has 0 radical (unpaired) electrons. The first-order chi connectivity index (χ1) is 5.65. The first kappa shape index (κ1) is 9.49. The van der Waals surface area contributed by atoms with Crippen LogP contribution in [0.5, 0.6) is 0 Å². The summed E-state index contributed by atoms with van der Waals surface area (Å²) in [6, 6.07) is 4.79. The number of nitrogens with two attached hydrogens (primary N) is 1. The van der Waals surface area contributed by atoms with Crippen molar-refractivity contribution < 1.29 is 4.39 Å². The Morgan fingerprint density at radius 2 is 2.25 bits per heavy atom. The highest BCUT2D eigenvalue weighted by Crippen LogP contribution is 2.20. The molecule has 1 aromatic rings. The average molecular weight is 188 g/mol. The Morgan fingerprint density at radius 3 is 2.75 bits per heavy atom. The van der Waals surface area contributed by atoms with Crippen molar-refractivity contribution in [3.63, 3.8) is 0 Å². The second-order valence-electron chi connectivity index (χ2n) is 2.77. The summed E-state index contributed by atoms with van der Waals surface area (Å²) in [6.07, 6.45) is 0. The number of rotatable bonds is 2. The van der Waals surface area contributed by atoms with Crippen LogP contribution in [0.2, 0.25) is 5.02 Å². The van der Waals surface area contributed by atoms with E-state index < -0.39 is 12.7 Å². The molecule has 1 aromatic carbocycles. The Balaban J connectivity index is 2.96. The van der Waals surface area contributed by atoms with Gasteiger partial charge in [-0.2, -0.15) is 0 Å². The normalized spacial score (nSPS) is 13.0. The van der Waals surface area contributed by atoms with Crippen LogP contribution in [0.4, 0.5) is 4.39 Å². The van der Waals surface area contributed by atoms with E-state index in [1.54, 1.807) is 12.1 Å².